The van der Waals surface area contributed by atoms with Gasteiger partial charge in [-0.2, -0.15) is 0 Å². The first-order valence-corrected chi connectivity index (χ1v) is 4.48. The molecule has 1 unspecified atom stereocenters. The molecule has 0 aliphatic carbocycles. The quantitative estimate of drug-likeness (QED) is 0.653. The van der Waals surface area contributed by atoms with Gasteiger partial charge in [0, 0.05) is 11.9 Å². The van der Waals surface area contributed by atoms with Gasteiger partial charge < -0.3 is 15.9 Å². The summed E-state index contributed by atoms with van der Waals surface area (Å²) in [6.45, 7) is 2.95. The van der Waals surface area contributed by atoms with Crippen LogP contribution < -0.4 is 5.73 Å². The van der Waals surface area contributed by atoms with Crippen molar-refractivity contribution < 1.29 is 19.8 Å². The first kappa shape index (κ1) is 14.1. The highest BCUT2D eigenvalue weighted by Crippen LogP contribution is 2.00. The number of nitrogens with two attached hydrogens (primary N) is 1. The molecule has 6 heteroatoms. The summed E-state index contributed by atoms with van der Waals surface area (Å²) in [6, 6.07) is 3.34. The number of hydrogen-bond acceptors (Lipinski definition) is 4. The van der Waals surface area contributed by atoms with E-state index < -0.39 is 18.0 Å². The topological polar surface area (TPSA) is 114 Å². The lowest BCUT2D eigenvalue weighted by molar-refractivity contribution is -0.145. The molecule has 0 saturated carbocycles. The summed E-state index contributed by atoms with van der Waals surface area (Å²) < 4.78 is 0. The van der Waals surface area contributed by atoms with Gasteiger partial charge in [-0.1, -0.05) is 0 Å². The average molecular weight is 226 g/mol. The summed E-state index contributed by atoms with van der Waals surface area (Å²) in [6.07, 6.45) is 0.395. The number of hydrogen-bond donors (Lipinski definition) is 3. The van der Waals surface area contributed by atoms with Gasteiger partial charge in [-0.3, -0.25) is 9.78 Å². The predicted octanol–water partition coefficient (Wildman–Crippen LogP) is -0.0593. The Morgan fingerprint density at radius 1 is 1.50 bits per heavy atom. The number of aliphatic carboxylic acids is 1. The van der Waals surface area contributed by atoms with Crippen molar-refractivity contribution in [3.05, 3.63) is 29.6 Å². The molecule has 0 bridgehead atoms. The van der Waals surface area contributed by atoms with Crippen molar-refractivity contribution in [2.24, 2.45) is 5.73 Å². The summed E-state index contributed by atoms with van der Waals surface area (Å²) in [5, 5.41) is 15.8. The number of aryl methyl sites for hydroxylation is 1. The Labute approximate surface area is 92.7 Å². The van der Waals surface area contributed by atoms with Crippen molar-refractivity contribution in [3.8, 4) is 0 Å². The number of rotatable bonds is 2. The van der Waals surface area contributed by atoms with E-state index in [-0.39, 0.29) is 0 Å². The van der Waals surface area contributed by atoms with Crippen LogP contribution in [0.3, 0.4) is 0 Å². The Morgan fingerprint density at radius 3 is 2.25 bits per heavy atom. The Hall–Kier alpha value is -1.95. The van der Waals surface area contributed by atoms with Crippen molar-refractivity contribution in [2.45, 2.75) is 20.0 Å². The van der Waals surface area contributed by atoms with Gasteiger partial charge in [0.05, 0.1) is 5.56 Å². The van der Waals surface area contributed by atoms with E-state index in [1.54, 1.807) is 25.3 Å². The minimum absolute atomic E-state index is 0.425. The van der Waals surface area contributed by atoms with Crippen molar-refractivity contribution >= 4 is 11.9 Å². The van der Waals surface area contributed by atoms with Crippen LogP contribution >= 0.6 is 0 Å². The number of carbonyl (C=O) groups excluding carboxylic acids is 1. The minimum atomic E-state index is -1.23. The Balaban J connectivity index is 0.000000325. The van der Waals surface area contributed by atoms with Crippen LogP contribution in [0.1, 0.15) is 23.0 Å². The van der Waals surface area contributed by atoms with Crippen LogP contribution in [0.15, 0.2) is 18.3 Å². The number of pyridine rings is 1. The molecule has 6 nitrogen and oxygen atoms in total. The Bertz CT molecular complexity index is 377. The normalized spacial score (nSPS) is 10.9. The number of carbonyl (C=O) groups is 2. The molecule has 0 fully saturated rings. The molecule has 0 aliphatic rings. The first-order chi connectivity index (χ1) is 7.36. The highest BCUT2D eigenvalue weighted by molar-refractivity contribution is 5.93. The third-order valence-corrected chi connectivity index (χ3v) is 1.63. The van der Waals surface area contributed by atoms with Crippen LogP contribution in [-0.4, -0.2) is 33.2 Å². The lowest BCUT2D eigenvalue weighted by atomic mass is 10.2. The average Bonchev–Trinajstić information content (AvgIpc) is 2.18. The molecule has 1 amide bonds. The Kier molecular flexibility index (Phi) is 5.72. The van der Waals surface area contributed by atoms with E-state index in [4.69, 9.17) is 15.9 Å². The molecule has 1 heterocycles. The van der Waals surface area contributed by atoms with Crippen LogP contribution in [0, 0.1) is 6.92 Å². The molecule has 1 atom stereocenters. The summed E-state index contributed by atoms with van der Waals surface area (Å²) in [5.74, 6) is -1.61. The van der Waals surface area contributed by atoms with Gasteiger partial charge >= 0.3 is 5.97 Å². The van der Waals surface area contributed by atoms with Crippen LogP contribution in [0.2, 0.25) is 0 Å². The zero-order valence-corrected chi connectivity index (χ0v) is 9.04. The van der Waals surface area contributed by atoms with Gasteiger partial charge in [-0.25, -0.2) is 4.79 Å². The number of aliphatic hydroxyl groups is 1. The van der Waals surface area contributed by atoms with Crippen molar-refractivity contribution in [1.29, 1.82) is 0 Å². The monoisotopic (exact) mass is 226 g/mol. The number of carboxylic acids is 1. The van der Waals surface area contributed by atoms with Crippen molar-refractivity contribution in [3.63, 3.8) is 0 Å². The molecule has 1 aromatic heterocycles. The van der Waals surface area contributed by atoms with E-state index >= 15 is 0 Å². The molecule has 0 spiro atoms. The number of aromatic nitrogens is 1. The standard InChI is InChI=1S/C7H8N2O.C3H6O3/c1-5-6(7(8)10)3-2-4-9-5;1-2(4)3(5)6/h2-4H,1H3,(H2,8,10);2,4H,1H3,(H,5,6). The maximum absolute atomic E-state index is 10.6. The van der Waals surface area contributed by atoms with Crippen molar-refractivity contribution in [1.82, 2.24) is 4.98 Å². The molecule has 4 N–H and O–H groups in total. The zero-order valence-electron chi connectivity index (χ0n) is 9.04. The van der Waals surface area contributed by atoms with Crippen LogP contribution in [0.25, 0.3) is 0 Å². The van der Waals surface area contributed by atoms with E-state index in [0.717, 1.165) is 0 Å². The van der Waals surface area contributed by atoms with Gasteiger partial charge in [0.2, 0.25) is 0 Å². The van der Waals surface area contributed by atoms with E-state index in [1.807, 2.05) is 0 Å². The first-order valence-electron chi connectivity index (χ1n) is 4.48. The lowest BCUT2D eigenvalue weighted by Gasteiger charge is -1.96. The number of aliphatic hydroxyl groups excluding tert-OH is 1. The molecular formula is C10H14N2O4. The predicted molar refractivity (Wildman–Crippen MR) is 56.8 cm³/mol. The molecule has 0 aromatic carbocycles. The summed E-state index contributed by atoms with van der Waals surface area (Å²) in [7, 11) is 0. The van der Waals surface area contributed by atoms with Crippen LogP contribution in [-0.2, 0) is 4.79 Å². The number of carboxylic acid groups (broad SMARTS) is 1. The summed E-state index contributed by atoms with van der Waals surface area (Å²) in [5.41, 5.74) is 6.20. The molecule has 0 saturated heterocycles. The highest BCUT2D eigenvalue weighted by atomic mass is 16.4. The van der Waals surface area contributed by atoms with E-state index in [1.165, 1.54) is 6.92 Å². The van der Waals surface area contributed by atoms with Gasteiger partial charge in [-0.15, -0.1) is 0 Å². The molecule has 16 heavy (non-hydrogen) atoms. The molecule has 1 aromatic rings. The maximum Gasteiger partial charge on any atom is 0.332 e. The second-order valence-corrected chi connectivity index (χ2v) is 3.01. The number of amides is 1. The zero-order chi connectivity index (χ0) is 12.7. The SMILES string of the molecule is CC(O)C(=O)O.Cc1ncccc1C(N)=O. The lowest BCUT2D eigenvalue weighted by Crippen LogP contribution is -2.13. The van der Waals surface area contributed by atoms with Gasteiger partial charge in [-0.05, 0) is 26.0 Å². The van der Waals surface area contributed by atoms with Gasteiger partial charge in [0.1, 0.15) is 6.10 Å². The van der Waals surface area contributed by atoms with Crippen LogP contribution in [0.4, 0.5) is 0 Å². The fourth-order valence-electron chi connectivity index (χ4n) is 0.745. The smallest absolute Gasteiger partial charge is 0.332 e. The van der Waals surface area contributed by atoms with E-state index in [2.05, 4.69) is 4.98 Å². The third-order valence-electron chi connectivity index (χ3n) is 1.63. The molecule has 0 aliphatic heterocycles. The summed E-state index contributed by atoms with van der Waals surface area (Å²) >= 11 is 0. The van der Waals surface area contributed by atoms with E-state index in [9.17, 15) is 9.59 Å². The molecule has 0 radical (unpaired) electrons. The van der Waals surface area contributed by atoms with Crippen molar-refractivity contribution in [2.75, 3.05) is 0 Å². The molecular weight excluding hydrogens is 212 g/mol. The maximum atomic E-state index is 10.6. The molecule has 1 rings (SSSR count). The third kappa shape index (κ3) is 5.06. The second-order valence-electron chi connectivity index (χ2n) is 3.01. The fourth-order valence-corrected chi connectivity index (χ4v) is 0.745. The molecule has 88 valence electrons. The summed E-state index contributed by atoms with van der Waals surface area (Å²) in [4.78, 5) is 24.0. The number of primary amides is 1. The van der Waals surface area contributed by atoms with Gasteiger partial charge in [0.15, 0.2) is 0 Å². The Morgan fingerprint density at radius 2 is 2.00 bits per heavy atom. The number of nitrogens with zero attached hydrogens (tertiary/aromatic N) is 1. The minimum Gasteiger partial charge on any atom is -0.479 e. The highest BCUT2D eigenvalue weighted by Gasteiger charge is 2.02. The second kappa shape index (κ2) is 6.52. The van der Waals surface area contributed by atoms with Crippen LogP contribution in [0.5, 0.6) is 0 Å². The van der Waals surface area contributed by atoms with E-state index in [0.29, 0.717) is 11.3 Å². The van der Waals surface area contributed by atoms with Gasteiger partial charge in [0.25, 0.3) is 5.91 Å². The fraction of sp³-hybridized carbons (Fsp3) is 0.300. The largest absolute Gasteiger partial charge is 0.479 e.